The molecular formula is C13H19NO3. The molecule has 4 nitrogen and oxygen atoms in total. The lowest BCUT2D eigenvalue weighted by atomic mass is 9.94. The van der Waals surface area contributed by atoms with Gasteiger partial charge in [0.15, 0.2) is 11.5 Å². The Morgan fingerprint density at radius 2 is 1.76 bits per heavy atom. The number of amides is 1. The second-order valence-electron chi connectivity index (χ2n) is 4.42. The van der Waals surface area contributed by atoms with Gasteiger partial charge in [-0.1, -0.05) is 12.1 Å². The van der Waals surface area contributed by atoms with Crippen molar-refractivity contribution in [3.05, 3.63) is 24.3 Å². The highest BCUT2D eigenvalue weighted by atomic mass is 16.5. The van der Waals surface area contributed by atoms with Crippen molar-refractivity contribution in [1.29, 1.82) is 0 Å². The van der Waals surface area contributed by atoms with Gasteiger partial charge in [-0.05, 0) is 32.9 Å². The minimum absolute atomic E-state index is 0.229. The SMILES string of the molecule is CCOc1ccccc1OCC(C)(C)C(N)=O. The summed E-state index contributed by atoms with van der Waals surface area (Å²) in [6, 6.07) is 7.37. The van der Waals surface area contributed by atoms with Crippen LogP contribution in [-0.2, 0) is 4.79 Å². The molecule has 4 heteroatoms. The molecule has 1 aromatic rings. The van der Waals surface area contributed by atoms with E-state index in [2.05, 4.69) is 0 Å². The standard InChI is InChI=1S/C13H19NO3/c1-4-16-10-7-5-6-8-11(10)17-9-13(2,3)12(14)15/h5-8H,4,9H2,1-3H3,(H2,14,15). The van der Waals surface area contributed by atoms with Crippen LogP contribution in [0.3, 0.4) is 0 Å². The maximum absolute atomic E-state index is 11.2. The number of ether oxygens (including phenoxy) is 2. The number of rotatable bonds is 6. The van der Waals surface area contributed by atoms with Crippen LogP contribution in [0, 0.1) is 5.41 Å². The number of para-hydroxylation sites is 2. The number of hydrogen-bond donors (Lipinski definition) is 1. The highest BCUT2D eigenvalue weighted by Gasteiger charge is 2.26. The Morgan fingerprint density at radius 3 is 2.24 bits per heavy atom. The van der Waals surface area contributed by atoms with E-state index in [-0.39, 0.29) is 12.5 Å². The molecule has 0 aliphatic rings. The molecule has 0 unspecified atom stereocenters. The summed E-state index contributed by atoms with van der Waals surface area (Å²) >= 11 is 0. The minimum atomic E-state index is -0.695. The molecule has 2 N–H and O–H groups in total. The van der Waals surface area contributed by atoms with Crippen LogP contribution in [0.25, 0.3) is 0 Å². The summed E-state index contributed by atoms with van der Waals surface area (Å²) in [4.78, 5) is 11.2. The molecule has 0 bridgehead atoms. The zero-order chi connectivity index (χ0) is 12.9. The largest absolute Gasteiger partial charge is 0.490 e. The van der Waals surface area contributed by atoms with Crippen molar-refractivity contribution in [2.45, 2.75) is 20.8 Å². The summed E-state index contributed by atoms with van der Waals surface area (Å²) in [5.74, 6) is 0.922. The Labute approximate surface area is 102 Å². The lowest BCUT2D eigenvalue weighted by molar-refractivity contribution is -0.127. The van der Waals surface area contributed by atoms with Crippen LogP contribution in [0.2, 0.25) is 0 Å². The van der Waals surface area contributed by atoms with Crippen molar-refractivity contribution in [2.24, 2.45) is 11.1 Å². The average molecular weight is 237 g/mol. The molecular weight excluding hydrogens is 218 g/mol. The molecule has 1 rings (SSSR count). The number of carbonyl (C=O) groups is 1. The highest BCUT2D eigenvalue weighted by Crippen LogP contribution is 2.28. The second-order valence-corrected chi connectivity index (χ2v) is 4.42. The van der Waals surface area contributed by atoms with E-state index in [4.69, 9.17) is 15.2 Å². The maximum Gasteiger partial charge on any atom is 0.226 e. The Hall–Kier alpha value is -1.71. The summed E-state index contributed by atoms with van der Waals surface area (Å²) in [5.41, 5.74) is 4.59. The number of carbonyl (C=O) groups excluding carboxylic acids is 1. The molecule has 0 aliphatic heterocycles. The lowest BCUT2D eigenvalue weighted by Crippen LogP contribution is -2.36. The van der Waals surface area contributed by atoms with Gasteiger partial charge < -0.3 is 15.2 Å². The summed E-state index contributed by atoms with van der Waals surface area (Å²) in [6.45, 7) is 6.20. The third-order valence-electron chi connectivity index (χ3n) is 2.40. The Bertz CT molecular complexity index is 388. The van der Waals surface area contributed by atoms with Gasteiger partial charge in [-0.25, -0.2) is 0 Å². The molecule has 94 valence electrons. The molecule has 1 amide bonds. The van der Waals surface area contributed by atoms with Crippen LogP contribution in [-0.4, -0.2) is 19.1 Å². The van der Waals surface area contributed by atoms with Crippen molar-refractivity contribution in [3.8, 4) is 11.5 Å². The molecule has 1 aromatic carbocycles. The van der Waals surface area contributed by atoms with E-state index in [1.807, 2.05) is 31.2 Å². The van der Waals surface area contributed by atoms with Crippen LogP contribution in [0.1, 0.15) is 20.8 Å². The highest BCUT2D eigenvalue weighted by molar-refractivity contribution is 5.80. The first kappa shape index (κ1) is 13.4. The van der Waals surface area contributed by atoms with E-state index in [9.17, 15) is 4.79 Å². The monoisotopic (exact) mass is 237 g/mol. The minimum Gasteiger partial charge on any atom is -0.490 e. The first-order valence-electron chi connectivity index (χ1n) is 5.62. The first-order chi connectivity index (χ1) is 7.97. The number of nitrogens with two attached hydrogens (primary N) is 1. The predicted octanol–water partition coefficient (Wildman–Crippen LogP) is 1.98. The summed E-state index contributed by atoms with van der Waals surface area (Å²) in [7, 11) is 0. The molecule has 0 aromatic heterocycles. The first-order valence-corrected chi connectivity index (χ1v) is 5.62. The maximum atomic E-state index is 11.2. The molecule has 0 spiro atoms. The fourth-order valence-electron chi connectivity index (χ4n) is 1.17. The fourth-order valence-corrected chi connectivity index (χ4v) is 1.17. The quantitative estimate of drug-likeness (QED) is 0.822. The fraction of sp³-hybridized carbons (Fsp3) is 0.462. The third-order valence-corrected chi connectivity index (χ3v) is 2.40. The van der Waals surface area contributed by atoms with Crippen LogP contribution >= 0.6 is 0 Å². The van der Waals surface area contributed by atoms with Crippen molar-refractivity contribution in [1.82, 2.24) is 0 Å². The van der Waals surface area contributed by atoms with Gasteiger partial charge in [0, 0.05) is 0 Å². The zero-order valence-electron chi connectivity index (χ0n) is 10.5. The summed E-state index contributed by atoms with van der Waals surface area (Å²) < 4.78 is 11.0. The molecule has 0 atom stereocenters. The van der Waals surface area contributed by atoms with E-state index >= 15 is 0 Å². The third kappa shape index (κ3) is 3.66. The normalized spacial score (nSPS) is 11.0. The molecule has 0 heterocycles. The Balaban J connectivity index is 2.72. The van der Waals surface area contributed by atoms with Crippen molar-refractivity contribution < 1.29 is 14.3 Å². The van der Waals surface area contributed by atoms with Gasteiger partial charge in [0.05, 0.1) is 12.0 Å². The molecule has 17 heavy (non-hydrogen) atoms. The topological polar surface area (TPSA) is 61.6 Å². The predicted molar refractivity (Wildman–Crippen MR) is 66.1 cm³/mol. The van der Waals surface area contributed by atoms with Crippen LogP contribution < -0.4 is 15.2 Å². The van der Waals surface area contributed by atoms with Gasteiger partial charge in [-0.15, -0.1) is 0 Å². The molecule has 0 saturated carbocycles. The van der Waals surface area contributed by atoms with Gasteiger partial charge in [-0.3, -0.25) is 4.79 Å². The van der Waals surface area contributed by atoms with Crippen molar-refractivity contribution in [3.63, 3.8) is 0 Å². The van der Waals surface area contributed by atoms with Crippen LogP contribution in [0.4, 0.5) is 0 Å². The zero-order valence-corrected chi connectivity index (χ0v) is 10.5. The molecule has 0 fully saturated rings. The number of hydrogen-bond acceptors (Lipinski definition) is 3. The van der Waals surface area contributed by atoms with Gasteiger partial charge in [0.1, 0.15) is 6.61 Å². The van der Waals surface area contributed by atoms with E-state index < -0.39 is 5.41 Å². The summed E-state index contributed by atoms with van der Waals surface area (Å²) in [5, 5.41) is 0. The van der Waals surface area contributed by atoms with Gasteiger partial charge in [-0.2, -0.15) is 0 Å². The number of benzene rings is 1. The van der Waals surface area contributed by atoms with E-state index in [0.717, 1.165) is 0 Å². The smallest absolute Gasteiger partial charge is 0.226 e. The molecule has 0 aliphatic carbocycles. The van der Waals surface area contributed by atoms with E-state index in [0.29, 0.717) is 18.1 Å². The Kier molecular flexibility index (Phi) is 4.37. The van der Waals surface area contributed by atoms with Crippen LogP contribution in [0.15, 0.2) is 24.3 Å². The number of primary amides is 1. The van der Waals surface area contributed by atoms with Gasteiger partial charge >= 0.3 is 0 Å². The second kappa shape index (κ2) is 5.57. The lowest BCUT2D eigenvalue weighted by Gasteiger charge is -2.21. The van der Waals surface area contributed by atoms with E-state index in [1.165, 1.54) is 0 Å². The molecule has 0 saturated heterocycles. The Morgan fingerprint density at radius 1 is 1.24 bits per heavy atom. The van der Waals surface area contributed by atoms with Crippen LogP contribution in [0.5, 0.6) is 11.5 Å². The molecule has 0 radical (unpaired) electrons. The van der Waals surface area contributed by atoms with Crippen molar-refractivity contribution in [2.75, 3.05) is 13.2 Å². The van der Waals surface area contributed by atoms with Crippen molar-refractivity contribution >= 4 is 5.91 Å². The average Bonchev–Trinajstić information content (AvgIpc) is 2.28. The van der Waals surface area contributed by atoms with Gasteiger partial charge in [0.2, 0.25) is 5.91 Å². The van der Waals surface area contributed by atoms with E-state index in [1.54, 1.807) is 13.8 Å². The summed E-state index contributed by atoms with van der Waals surface area (Å²) in [6.07, 6.45) is 0. The van der Waals surface area contributed by atoms with Gasteiger partial charge in [0.25, 0.3) is 0 Å².